The van der Waals surface area contributed by atoms with Crippen LogP contribution in [0, 0.1) is 0 Å². The summed E-state index contributed by atoms with van der Waals surface area (Å²) >= 11 is 0. The fourth-order valence-corrected chi connectivity index (χ4v) is 3.33. The van der Waals surface area contributed by atoms with E-state index in [0.29, 0.717) is 11.9 Å². The molecule has 102 valence electrons. The van der Waals surface area contributed by atoms with Gasteiger partial charge < -0.3 is 4.90 Å². The van der Waals surface area contributed by atoms with E-state index in [2.05, 4.69) is 18.7 Å². The Morgan fingerprint density at radius 1 is 1.17 bits per heavy atom. The lowest BCUT2D eigenvalue weighted by Gasteiger charge is -2.33. The monoisotopic (exact) mass is 249 g/mol. The first kappa shape index (κ1) is 13.6. The number of amides is 1. The summed E-state index contributed by atoms with van der Waals surface area (Å²) in [6.07, 6.45) is 10.6. The van der Waals surface area contributed by atoms with Crippen LogP contribution >= 0.6 is 0 Å². The zero-order chi connectivity index (χ0) is 13.0. The van der Waals surface area contributed by atoms with Gasteiger partial charge >= 0.3 is 0 Å². The first-order valence-electron chi connectivity index (χ1n) is 7.79. The van der Waals surface area contributed by atoms with Crippen LogP contribution in [0.3, 0.4) is 0 Å². The fraction of sp³-hybridized carbons (Fsp3) is 0.812. The Balaban J connectivity index is 2.14. The molecule has 0 aliphatic carbocycles. The lowest BCUT2D eigenvalue weighted by Crippen LogP contribution is -2.40. The van der Waals surface area contributed by atoms with Crippen LogP contribution < -0.4 is 0 Å². The molecule has 0 bridgehead atoms. The molecule has 1 amide bonds. The summed E-state index contributed by atoms with van der Waals surface area (Å²) in [6.45, 7) is 5.44. The van der Waals surface area contributed by atoms with E-state index in [1.54, 1.807) is 0 Å². The van der Waals surface area contributed by atoms with Crippen molar-refractivity contribution >= 4 is 5.91 Å². The Morgan fingerprint density at radius 3 is 2.61 bits per heavy atom. The second-order valence-electron chi connectivity index (χ2n) is 5.79. The van der Waals surface area contributed by atoms with Crippen molar-refractivity contribution in [2.75, 3.05) is 6.54 Å². The second kappa shape index (κ2) is 6.40. The van der Waals surface area contributed by atoms with E-state index in [-0.39, 0.29) is 0 Å². The Kier molecular flexibility index (Phi) is 4.85. The van der Waals surface area contributed by atoms with Crippen LogP contribution in [0.25, 0.3) is 0 Å². The van der Waals surface area contributed by atoms with Crippen molar-refractivity contribution in [1.29, 1.82) is 0 Å². The van der Waals surface area contributed by atoms with Gasteiger partial charge in [0.2, 0.25) is 5.91 Å². The maximum Gasteiger partial charge on any atom is 0.249 e. The molecule has 0 N–H and O–H groups in total. The van der Waals surface area contributed by atoms with Crippen molar-refractivity contribution in [3.8, 4) is 0 Å². The number of rotatable bonds is 6. The Hall–Kier alpha value is -0.790. The minimum Gasteiger partial charge on any atom is -0.336 e. The second-order valence-corrected chi connectivity index (χ2v) is 5.79. The predicted octanol–water partition coefficient (Wildman–Crippen LogP) is 4.06. The predicted molar refractivity (Wildman–Crippen MR) is 75.4 cm³/mol. The quantitative estimate of drug-likeness (QED) is 0.695. The van der Waals surface area contributed by atoms with Crippen LogP contribution in [0.2, 0.25) is 0 Å². The van der Waals surface area contributed by atoms with Gasteiger partial charge in [-0.05, 0) is 44.9 Å². The standard InChI is InChI=1S/C16H27NO/c1-3-5-8-13-12-14-9-7-11-17(14)16(18)15(13)10-6-4-2/h14H,3-12H2,1-2H3. The molecular weight excluding hydrogens is 222 g/mol. The first-order chi connectivity index (χ1) is 8.77. The molecule has 1 atom stereocenters. The molecule has 1 saturated heterocycles. The van der Waals surface area contributed by atoms with Gasteiger partial charge in [0.1, 0.15) is 0 Å². The molecule has 0 spiro atoms. The Bertz CT molecular complexity index is 332. The van der Waals surface area contributed by atoms with E-state index in [9.17, 15) is 4.79 Å². The van der Waals surface area contributed by atoms with E-state index < -0.39 is 0 Å². The zero-order valence-corrected chi connectivity index (χ0v) is 12.0. The van der Waals surface area contributed by atoms with Crippen LogP contribution in [-0.4, -0.2) is 23.4 Å². The van der Waals surface area contributed by atoms with Crippen LogP contribution in [-0.2, 0) is 4.79 Å². The van der Waals surface area contributed by atoms with Crippen molar-refractivity contribution in [2.24, 2.45) is 0 Å². The van der Waals surface area contributed by atoms with E-state index in [4.69, 9.17) is 0 Å². The molecule has 2 rings (SSSR count). The number of unbranched alkanes of at least 4 members (excludes halogenated alkanes) is 2. The fourth-order valence-electron chi connectivity index (χ4n) is 3.33. The molecule has 2 nitrogen and oxygen atoms in total. The average molecular weight is 249 g/mol. The number of fused-ring (bicyclic) bond motifs is 1. The summed E-state index contributed by atoms with van der Waals surface area (Å²) in [6, 6.07) is 0.537. The summed E-state index contributed by atoms with van der Waals surface area (Å²) in [7, 11) is 0. The molecule has 2 heteroatoms. The third-order valence-corrected chi connectivity index (χ3v) is 4.42. The zero-order valence-electron chi connectivity index (χ0n) is 12.0. The van der Waals surface area contributed by atoms with Gasteiger partial charge in [0.25, 0.3) is 0 Å². The van der Waals surface area contributed by atoms with Crippen LogP contribution in [0.15, 0.2) is 11.1 Å². The van der Waals surface area contributed by atoms with Gasteiger partial charge in [-0.15, -0.1) is 0 Å². The van der Waals surface area contributed by atoms with Crippen molar-refractivity contribution in [3.63, 3.8) is 0 Å². The smallest absolute Gasteiger partial charge is 0.249 e. The van der Waals surface area contributed by atoms with Gasteiger partial charge in [-0.1, -0.05) is 32.3 Å². The summed E-state index contributed by atoms with van der Waals surface area (Å²) in [5, 5.41) is 0. The Morgan fingerprint density at radius 2 is 1.89 bits per heavy atom. The number of hydrogen-bond acceptors (Lipinski definition) is 1. The first-order valence-corrected chi connectivity index (χ1v) is 7.79. The maximum absolute atomic E-state index is 12.6. The molecule has 0 aromatic heterocycles. The lowest BCUT2D eigenvalue weighted by atomic mass is 9.88. The van der Waals surface area contributed by atoms with Gasteiger partial charge in [0.05, 0.1) is 0 Å². The summed E-state index contributed by atoms with van der Waals surface area (Å²) in [5.41, 5.74) is 2.68. The van der Waals surface area contributed by atoms with Gasteiger partial charge in [0.15, 0.2) is 0 Å². The van der Waals surface area contributed by atoms with E-state index in [1.165, 1.54) is 49.7 Å². The highest BCUT2D eigenvalue weighted by molar-refractivity contribution is 5.95. The topological polar surface area (TPSA) is 20.3 Å². The van der Waals surface area contributed by atoms with Crippen molar-refractivity contribution in [3.05, 3.63) is 11.1 Å². The molecule has 1 fully saturated rings. The van der Waals surface area contributed by atoms with Crippen molar-refractivity contribution in [2.45, 2.75) is 77.7 Å². The summed E-state index contributed by atoms with van der Waals surface area (Å²) in [4.78, 5) is 14.7. The third kappa shape index (κ3) is 2.78. The van der Waals surface area contributed by atoms with E-state index >= 15 is 0 Å². The lowest BCUT2D eigenvalue weighted by molar-refractivity contribution is -0.129. The number of nitrogens with zero attached hydrogens (tertiary/aromatic N) is 1. The number of carbonyl (C=O) groups is 1. The molecule has 2 aliphatic heterocycles. The summed E-state index contributed by atoms with van der Waals surface area (Å²) < 4.78 is 0. The van der Waals surface area contributed by atoms with Crippen LogP contribution in [0.4, 0.5) is 0 Å². The molecule has 2 heterocycles. The highest BCUT2D eigenvalue weighted by Gasteiger charge is 2.35. The molecule has 0 saturated carbocycles. The number of hydrogen-bond donors (Lipinski definition) is 0. The van der Waals surface area contributed by atoms with Gasteiger partial charge in [0, 0.05) is 18.2 Å². The van der Waals surface area contributed by atoms with Crippen LogP contribution in [0.5, 0.6) is 0 Å². The SMILES string of the molecule is CCCCC1=C(CCCC)C(=O)N2CCCC2C1. The molecular formula is C16H27NO. The van der Waals surface area contributed by atoms with Gasteiger partial charge in [-0.3, -0.25) is 4.79 Å². The highest BCUT2D eigenvalue weighted by Crippen LogP contribution is 2.35. The molecule has 2 aliphatic rings. The highest BCUT2D eigenvalue weighted by atomic mass is 16.2. The minimum absolute atomic E-state index is 0.378. The summed E-state index contributed by atoms with van der Waals surface area (Å²) in [5.74, 6) is 0.378. The average Bonchev–Trinajstić information content (AvgIpc) is 2.84. The third-order valence-electron chi connectivity index (χ3n) is 4.42. The molecule has 0 radical (unpaired) electrons. The van der Waals surface area contributed by atoms with Crippen LogP contribution in [0.1, 0.15) is 71.6 Å². The largest absolute Gasteiger partial charge is 0.336 e. The van der Waals surface area contributed by atoms with E-state index in [1.807, 2.05) is 0 Å². The number of carbonyl (C=O) groups excluding carboxylic acids is 1. The molecule has 0 aromatic rings. The minimum atomic E-state index is 0.378. The van der Waals surface area contributed by atoms with Crippen molar-refractivity contribution in [1.82, 2.24) is 4.90 Å². The normalized spacial score (nSPS) is 23.8. The molecule has 18 heavy (non-hydrogen) atoms. The van der Waals surface area contributed by atoms with Crippen molar-refractivity contribution < 1.29 is 4.79 Å². The Labute approximate surface area is 111 Å². The van der Waals surface area contributed by atoms with E-state index in [0.717, 1.165) is 25.8 Å². The molecule has 1 unspecified atom stereocenters. The van der Waals surface area contributed by atoms with Gasteiger partial charge in [-0.2, -0.15) is 0 Å². The van der Waals surface area contributed by atoms with Gasteiger partial charge in [-0.25, -0.2) is 0 Å². The molecule has 0 aromatic carbocycles. The maximum atomic E-state index is 12.6.